The molecular weight excluding hydrogens is 484 g/mol. The molecule has 8 nitrogen and oxygen atoms in total. The van der Waals surface area contributed by atoms with Crippen molar-refractivity contribution in [3.05, 3.63) is 66.0 Å². The summed E-state index contributed by atoms with van der Waals surface area (Å²) in [6.07, 6.45) is -0.150. The molecule has 0 aliphatic carbocycles. The first-order chi connectivity index (χ1) is 16.8. The Kier molecular flexibility index (Phi) is 7.51. The molecule has 0 saturated heterocycles. The van der Waals surface area contributed by atoms with E-state index in [4.69, 9.17) is 9.72 Å². The number of hydrogen-bond donors (Lipinski definition) is 0. The Morgan fingerprint density at radius 1 is 1.11 bits per heavy atom. The van der Waals surface area contributed by atoms with E-state index in [2.05, 4.69) is 5.10 Å². The summed E-state index contributed by atoms with van der Waals surface area (Å²) >= 11 is 1.38. The van der Waals surface area contributed by atoms with Crippen LogP contribution in [0.15, 0.2) is 59.5 Å². The van der Waals surface area contributed by atoms with E-state index in [1.807, 2.05) is 49.7 Å². The second kappa shape index (κ2) is 10.6. The van der Waals surface area contributed by atoms with E-state index in [-0.39, 0.29) is 23.0 Å². The fourth-order valence-corrected chi connectivity index (χ4v) is 6.10. The van der Waals surface area contributed by atoms with E-state index < -0.39 is 9.84 Å². The first-order valence-electron chi connectivity index (χ1n) is 11.4. The lowest BCUT2D eigenvalue weighted by atomic mass is 10.3. The molecule has 0 aliphatic rings. The monoisotopic (exact) mass is 512 g/mol. The number of amides is 1. The van der Waals surface area contributed by atoms with Gasteiger partial charge in [-0.05, 0) is 51.1 Å². The largest absolute Gasteiger partial charge is 0.492 e. The fraction of sp³-hybridized carbons (Fsp3) is 0.320. The minimum atomic E-state index is -3.58. The summed E-state index contributed by atoms with van der Waals surface area (Å²) in [5.41, 5.74) is 2.58. The molecule has 35 heavy (non-hydrogen) atoms. The number of aromatic nitrogens is 3. The van der Waals surface area contributed by atoms with Crippen LogP contribution in [0.1, 0.15) is 24.7 Å². The molecule has 0 unspecified atom stereocenters. The van der Waals surface area contributed by atoms with E-state index in [0.29, 0.717) is 36.1 Å². The van der Waals surface area contributed by atoms with Gasteiger partial charge < -0.3 is 4.74 Å². The summed E-state index contributed by atoms with van der Waals surface area (Å²) in [5, 5.41) is 5.00. The molecule has 0 atom stereocenters. The molecule has 10 heteroatoms. The third-order valence-electron chi connectivity index (χ3n) is 5.53. The first kappa shape index (κ1) is 24.9. The predicted molar refractivity (Wildman–Crippen MR) is 138 cm³/mol. The van der Waals surface area contributed by atoms with Crippen molar-refractivity contribution in [1.29, 1.82) is 0 Å². The number of carbonyl (C=O) groups excluding carboxylic acids is 1. The normalized spacial score (nSPS) is 11.6. The van der Waals surface area contributed by atoms with Crippen molar-refractivity contribution in [2.45, 2.75) is 38.6 Å². The van der Waals surface area contributed by atoms with Crippen LogP contribution in [0.4, 0.5) is 5.13 Å². The predicted octanol–water partition coefficient (Wildman–Crippen LogP) is 4.41. The molecule has 0 saturated carbocycles. The number of rotatable bonds is 10. The quantitative estimate of drug-likeness (QED) is 0.313. The molecule has 0 spiro atoms. The Labute approximate surface area is 209 Å². The topological polar surface area (TPSA) is 94.4 Å². The summed E-state index contributed by atoms with van der Waals surface area (Å²) < 4.78 is 34.0. The standard InChI is InChI=1S/C25H28N4O4S2/c1-4-33-21-11-8-12-22-24(21)26-25(34-22)28(14-15-29-19(3)17-18(2)27-29)23(30)13-16-35(31,32)20-9-6-5-7-10-20/h5-12,17H,4,13-16H2,1-3H3. The van der Waals surface area contributed by atoms with Crippen molar-refractivity contribution in [2.75, 3.05) is 23.8 Å². The van der Waals surface area contributed by atoms with Gasteiger partial charge in [0.05, 0.1) is 34.2 Å². The van der Waals surface area contributed by atoms with E-state index in [9.17, 15) is 13.2 Å². The number of ether oxygens (including phenoxy) is 1. The Hall–Kier alpha value is -3.24. The van der Waals surface area contributed by atoms with Gasteiger partial charge in [-0.2, -0.15) is 5.10 Å². The summed E-state index contributed by atoms with van der Waals surface area (Å²) in [6.45, 7) is 7.07. The van der Waals surface area contributed by atoms with Crippen molar-refractivity contribution < 1.29 is 17.9 Å². The Balaban J connectivity index is 1.61. The second-order valence-electron chi connectivity index (χ2n) is 8.11. The molecule has 0 aliphatic heterocycles. The van der Waals surface area contributed by atoms with Crippen LogP contribution in [-0.2, 0) is 21.2 Å². The van der Waals surface area contributed by atoms with Crippen LogP contribution in [0.5, 0.6) is 5.75 Å². The number of thiazole rings is 1. The SMILES string of the molecule is CCOc1cccc2sc(N(CCn3nc(C)cc3C)C(=O)CCS(=O)(=O)c3ccccc3)nc12. The van der Waals surface area contributed by atoms with E-state index >= 15 is 0 Å². The maximum Gasteiger partial charge on any atom is 0.229 e. The highest BCUT2D eigenvalue weighted by Gasteiger charge is 2.24. The lowest BCUT2D eigenvalue weighted by molar-refractivity contribution is -0.118. The second-order valence-corrected chi connectivity index (χ2v) is 11.2. The minimum Gasteiger partial charge on any atom is -0.492 e. The maximum absolute atomic E-state index is 13.4. The van der Waals surface area contributed by atoms with Gasteiger partial charge >= 0.3 is 0 Å². The van der Waals surface area contributed by atoms with Crippen LogP contribution >= 0.6 is 11.3 Å². The van der Waals surface area contributed by atoms with Gasteiger partial charge in [0.1, 0.15) is 11.3 Å². The zero-order valence-corrected chi connectivity index (χ0v) is 21.6. The van der Waals surface area contributed by atoms with Crippen molar-refractivity contribution in [3.63, 3.8) is 0 Å². The molecule has 184 valence electrons. The van der Waals surface area contributed by atoms with E-state index in [1.165, 1.54) is 11.3 Å². The lowest BCUT2D eigenvalue weighted by Crippen LogP contribution is -2.35. The van der Waals surface area contributed by atoms with Gasteiger partial charge in [0.15, 0.2) is 15.0 Å². The van der Waals surface area contributed by atoms with E-state index in [0.717, 1.165) is 16.1 Å². The summed E-state index contributed by atoms with van der Waals surface area (Å²) in [4.78, 5) is 19.9. The number of benzene rings is 2. The molecule has 0 bridgehead atoms. The highest BCUT2D eigenvalue weighted by molar-refractivity contribution is 7.91. The first-order valence-corrected chi connectivity index (χ1v) is 13.9. The van der Waals surface area contributed by atoms with Crippen molar-refractivity contribution in [2.24, 2.45) is 0 Å². The Morgan fingerprint density at radius 3 is 2.57 bits per heavy atom. The maximum atomic E-state index is 13.4. The van der Waals surface area contributed by atoms with Crippen LogP contribution in [0.2, 0.25) is 0 Å². The number of fused-ring (bicyclic) bond motifs is 1. The van der Waals surface area contributed by atoms with Crippen molar-refractivity contribution in [3.8, 4) is 5.75 Å². The third-order valence-corrected chi connectivity index (χ3v) is 8.30. The molecule has 4 aromatic rings. The minimum absolute atomic E-state index is 0.150. The number of hydrogen-bond acceptors (Lipinski definition) is 7. The Morgan fingerprint density at radius 2 is 1.89 bits per heavy atom. The average molecular weight is 513 g/mol. The lowest BCUT2D eigenvalue weighted by Gasteiger charge is -2.20. The molecule has 2 heterocycles. The van der Waals surface area contributed by atoms with Crippen LogP contribution < -0.4 is 9.64 Å². The highest BCUT2D eigenvalue weighted by Crippen LogP contribution is 2.34. The molecular formula is C25H28N4O4S2. The van der Waals surface area contributed by atoms with Gasteiger partial charge in [0.2, 0.25) is 5.91 Å². The zero-order chi connectivity index (χ0) is 25.0. The van der Waals surface area contributed by atoms with Crippen LogP contribution in [0.25, 0.3) is 10.2 Å². The Bertz CT molecular complexity index is 1430. The summed E-state index contributed by atoms with van der Waals surface area (Å²) in [5.74, 6) is 0.0783. The molecule has 2 aromatic heterocycles. The number of aryl methyl sites for hydroxylation is 2. The fourth-order valence-electron chi connectivity index (χ4n) is 3.82. The smallest absolute Gasteiger partial charge is 0.229 e. The van der Waals surface area contributed by atoms with Crippen LogP contribution in [0.3, 0.4) is 0 Å². The third kappa shape index (κ3) is 5.71. The average Bonchev–Trinajstić information content (AvgIpc) is 3.41. The van der Waals surface area contributed by atoms with Gasteiger partial charge in [0.25, 0.3) is 0 Å². The van der Waals surface area contributed by atoms with E-state index in [1.54, 1.807) is 35.2 Å². The number of nitrogens with zero attached hydrogens (tertiary/aromatic N) is 4. The molecule has 0 fully saturated rings. The molecule has 2 aromatic carbocycles. The van der Waals surface area contributed by atoms with Crippen molar-refractivity contribution in [1.82, 2.24) is 14.8 Å². The van der Waals surface area contributed by atoms with Gasteiger partial charge in [-0.3, -0.25) is 14.4 Å². The number of anilines is 1. The van der Waals surface area contributed by atoms with Crippen LogP contribution in [-0.4, -0.2) is 48.0 Å². The summed E-state index contributed by atoms with van der Waals surface area (Å²) in [7, 11) is -3.58. The number of para-hydroxylation sites is 1. The molecule has 0 radical (unpaired) electrons. The number of sulfone groups is 1. The van der Waals surface area contributed by atoms with Gasteiger partial charge in [-0.25, -0.2) is 13.4 Å². The summed E-state index contributed by atoms with van der Waals surface area (Å²) in [6, 6.07) is 15.8. The zero-order valence-electron chi connectivity index (χ0n) is 20.0. The molecule has 1 amide bonds. The highest BCUT2D eigenvalue weighted by atomic mass is 32.2. The van der Waals surface area contributed by atoms with Crippen molar-refractivity contribution >= 4 is 42.4 Å². The van der Waals surface area contributed by atoms with Crippen LogP contribution in [0, 0.1) is 13.8 Å². The van der Waals surface area contributed by atoms with Gasteiger partial charge in [-0.1, -0.05) is 35.6 Å². The molecule has 4 rings (SSSR count). The van der Waals surface area contributed by atoms with Gasteiger partial charge in [-0.15, -0.1) is 0 Å². The van der Waals surface area contributed by atoms with Gasteiger partial charge in [0, 0.05) is 18.7 Å². The molecule has 0 N–H and O–H groups in total. The number of carbonyl (C=O) groups is 1.